The van der Waals surface area contributed by atoms with E-state index in [0.29, 0.717) is 49.2 Å². The molecule has 0 aromatic heterocycles. The van der Waals surface area contributed by atoms with Crippen LogP contribution in [0.4, 0.5) is 0 Å². The second-order valence-electron chi connectivity index (χ2n) is 5.38. The molecular weight excluding hydrogens is 328 g/mol. The van der Waals surface area contributed by atoms with Crippen LogP contribution in [0, 0.1) is 0 Å². The SMILES string of the molecule is O=C(CSc1ccc2c(c1)OCCO2)c1ccc2c(c1)OCCO2. The van der Waals surface area contributed by atoms with Crippen LogP contribution in [0.5, 0.6) is 23.0 Å². The topological polar surface area (TPSA) is 54.0 Å². The van der Waals surface area contributed by atoms with Crippen molar-refractivity contribution in [3.8, 4) is 23.0 Å². The van der Waals surface area contributed by atoms with Crippen LogP contribution in [0.3, 0.4) is 0 Å². The Morgan fingerprint density at radius 3 is 2.08 bits per heavy atom. The van der Waals surface area contributed by atoms with Crippen LogP contribution in [0.2, 0.25) is 0 Å². The molecule has 0 spiro atoms. The smallest absolute Gasteiger partial charge is 0.173 e. The van der Waals surface area contributed by atoms with Crippen LogP contribution in [0.1, 0.15) is 10.4 Å². The molecule has 2 heterocycles. The average Bonchev–Trinajstić information content (AvgIpc) is 2.65. The minimum atomic E-state index is 0.0480. The molecule has 0 radical (unpaired) electrons. The Hall–Kier alpha value is -2.34. The number of benzene rings is 2. The maximum Gasteiger partial charge on any atom is 0.173 e. The largest absolute Gasteiger partial charge is 0.486 e. The highest BCUT2D eigenvalue weighted by Gasteiger charge is 2.16. The number of ketones is 1. The molecular formula is C18H16O5S. The number of hydrogen-bond donors (Lipinski definition) is 0. The summed E-state index contributed by atoms with van der Waals surface area (Å²) in [6.45, 7) is 2.18. The van der Waals surface area contributed by atoms with Gasteiger partial charge in [0.1, 0.15) is 26.4 Å². The van der Waals surface area contributed by atoms with Gasteiger partial charge in [-0.15, -0.1) is 11.8 Å². The molecule has 2 aromatic carbocycles. The van der Waals surface area contributed by atoms with E-state index in [1.165, 1.54) is 11.8 Å². The molecule has 0 aliphatic carbocycles. The van der Waals surface area contributed by atoms with Crippen molar-refractivity contribution >= 4 is 17.5 Å². The molecule has 0 N–H and O–H groups in total. The van der Waals surface area contributed by atoms with Crippen molar-refractivity contribution in [2.75, 3.05) is 32.2 Å². The van der Waals surface area contributed by atoms with Gasteiger partial charge in [-0.05, 0) is 36.4 Å². The van der Waals surface area contributed by atoms with E-state index in [2.05, 4.69) is 0 Å². The number of carbonyl (C=O) groups excluding carboxylic acids is 1. The molecule has 0 bridgehead atoms. The summed E-state index contributed by atoms with van der Waals surface area (Å²) in [5.41, 5.74) is 0.629. The molecule has 24 heavy (non-hydrogen) atoms. The molecule has 2 aliphatic heterocycles. The summed E-state index contributed by atoms with van der Waals surface area (Å²) in [6.07, 6.45) is 0. The predicted molar refractivity (Wildman–Crippen MR) is 89.9 cm³/mol. The van der Waals surface area contributed by atoms with Crippen LogP contribution in [0.15, 0.2) is 41.3 Å². The number of rotatable bonds is 4. The molecule has 0 atom stereocenters. The van der Waals surface area contributed by atoms with E-state index in [0.717, 1.165) is 16.4 Å². The number of thioether (sulfide) groups is 1. The Bertz CT molecular complexity index is 774. The van der Waals surface area contributed by atoms with Crippen LogP contribution < -0.4 is 18.9 Å². The minimum absolute atomic E-state index is 0.0480. The highest BCUT2D eigenvalue weighted by molar-refractivity contribution is 8.00. The van der Waals surface area contributed by atoms with Crippen molar-refractivity contribution in [3.05, 3.63) is 42.0 Å². The first-order chi connectivity index (χ1) is 11.8. The number of fused-ring (bicyclic) bond motifs is 2. The van der Waals surface area contributed by atoms with Gasteiger partial charge in [0.15, 0.2) is 28.8 Å². The summed E-state index contributed by atoms with van der Waals surface area (Å²) in [5, 5.41) is 0. The lowest BCUT2D eigenvalue weighted by molar-refractivity contribution is 0.102. The van der Waals surface area contributed by atoms with Crippen molar-refractivity contribution < 1.29 is 23.7 Å². The Morgan fingerprint density at radius 1 is 0.792 bits per heavy atom. The Morgan fingerprint density at radius 2 is 1.38 bits per heavy atom. The van der Waals surface area contributed by atoms with Gasteiger partial charge in [0.05, 0.1) is 5.75 Å². The Kier molecular flexibility index (Phi) is 4.21. The number of ether oxygens (including phenoxy) is 4. The third kappa shape index (κ3) is 3.14. The van der Waals surface area contributed by atoms with Crippen LogP contribution in [0.25, 0.3) is 0 Å². The third-order valence-electron chi connectivity index (χ3n) is 3.75. The van der Waals surface area contributed by atoms with Gasteiger partial charge in [-0.1, -0.05) is 0 Å². The lowest BCUT2D eigenvalue weighted by Gasteiger charge is -2.19. The molecule has 0 saturated carbocycles. The predicted octanol–water partition coefficient (Wildman–Crippen LogP) is 3.20. The summed E-state index contributed by atoms with van der Waals surface area (Å²) < 4.78 is 22.1. The van der Waals surface area contributed by atoms with E-state index >= 15 is 0 Å². The van der Waals surface area contributed by atoms with E-state index in [9.17, 15) is 4.79 Å². The molecule has 0 saturated heterocycles. The van der Waals surface area contributed by atoms with Crippen molar-refractivity contribution in [1.29, 1.82) is 0 Å². The van der Waals surface area contributed by atoms with Gasteiger partial charge >= 0.3 is 0 Å². The van der Waals surface area contributed by atoms with Crippen LogP contribution >= 0.6 is 11.8 Å². The fourth-order valence-electron chi connectivity index (χ4n) is 2.56. The van der Waals surface area contributed by atoms with Crippen LogP contribution in [-0.2, 0) is 0 Å². The van der Waals surface area contributed by atoms with E-state index in [-0.39, 0.29) is 5.78 Å². The standard InChI is InChI=1S/C18H16O5S/c19-14(12-1-3-15-17(9-12)22-7-5-20-15)11-24-13-2-4-16-18(10-13)23-8-6-21-16/h1-4,9-10H,5-8,11H2. The molecule has 0 unspecified atom stereocenters. The number of Topliss-reactive ketones (excluding diaryl/α,β-unsaturated/α-hetero) is 1. The van der Waals surface area contributed by atoms with Gasteiger partial charge in [-0.3, -0.25) is 4.79 Å². The lowest BCUT2D eigenvalue weighted by atomic mass is 10.1. The zero-order valence-corrected chi connectivity index (χ0v) is 13.8. The van der Waals surface area contributed by atoms with Crippen molar-refractivity contribution in [2.24, 2.45) is 0 Å². The quantitative estimate of drug-likeness (QED) is 0.627. The maximum absolute atomic E-state index is 12.4. The summed E-state index contributed by atoms with van der Waals surface area (Å²) >= 11 is 1.48. The highest BCUT2D eigenvalue weighted by Crippen LogP contribution is 2.35. The van der Waals surface area contributed by atoms with Crippen molar-refractivity contribution in [1.82, 2.24) is 0 Å². The van der Waals surface area contributed by atoms with E-state index in [4.69, 9.17) is 18.9 Å². The summed E-state index contributed by atoms with van der Waals surface area (Å²) in [4.78, 5) is 13.4. The van der Waals surface area contributed by atoms with Gasteiger partial charge in [0.2, 0.25) is 0 Å². The third-order valence-corrected chi connectivity index (χ3v) is 4.74. The number of hydrogen-bond acceptors (Lipinski definition) is 6. The van der Waals surface area contributed by atoms with Gasteiger partial charge < -0.3 is 18.9 Å². The second kappa shape index (κ2) is 6.65. The number of carbonyl (C=O) groups is 1. The first-order valence-corrected chi connectivity index (χ1v) is 8.73. The monoisotopic (exact) mass is 344 g/mol. The summed E-state index contributed by atoms with van der Waals surface area (Å²) in [6, 6.07) is 11.1. The fraction of sp³-hybridized carbons (Fsp3) is 0.278. The lowest BCUT2D eigenvalue weighted by Crippen LogP contribution is -2.16. The minimum Gasteiger partial charge on any atom is -0.486 e. The average molecular weight is 344 g/mol. The normalized spacial score (nSPS) is 15.0. The van der Waals surface area contributed by atoms with Gasteiger partial charge in [0, 0.05) is 10.5 Å². The second-order valence-corrected chi connectivity index (χ2v) is 6.42. The molecule has 6 heteroatoms. The Labute approximate surface area is 143 Å². The van der Waals surface area contributed by atoms with Gasteiger partial charge in [-0.2, -0.15) is 0 Å². The maximum atomic E-state index is 12.4. The first-order valence-electron chi connectivity index (χ1n) is 7.75. The van der Waals surface area contributed by atoms with E-state index < -0.39 is 0 Å². The van der Waals surface area contributed by atoms with Crippen LogP contribution in [-0.4, -0.2) is 38.0 Å². The molecule has 0 fully saturated rings. The zero-order valence-electron chi connectivity index (χ0n) is 12.9. The molecule has 124 valence electrons. The van der Waals surface area contributed by atoms with E-state index in [1.807, 2.05) is 18.2 Å². The highest BCUT2D eigenvalue weighted by atomic mass is 32.2. The van der Waals surface area contributed by atoms with Crippen molar-refractivity contribution in [2.45, 2.75) is 4.90 Å². The van der Waals surface area contributed by atoms with Gasteiger partial charge in [0.25, 0.3) is 0 Å². The van der Waals surface area contributed by atoms with E-state index in [1.54, 1.807) is 18.2 Å². The molecule has 2 aromatic rings. The van der Waals surface area contributed by atoms with Gasteiger partial charge in [-0.25, -0.2) is 0 Å². The molecule has 2 aliphatic rings. The molecule has 4 rings (SSSR count). The zero-order chi connectivity index (χ0) is 16.4. The molecule has 0 amide bonds. The fourth-order valence-corrected chi connectivity index (χ4v) is 3.38. The Balaban J connectivity index is 1.43. The molecule has 5 nitrogen and oxygen atoms in total. The first kappa shape index (κ1) is 15.2. The van der Waals surface area contributed by atoms with Crippen molar-refractivity contribution in [3.63, 3.8) is 0 Å². The summed E-state index contributed by atoms with van der Waals surface area (Å²) in [7, 11) is 0. The summed E-state index contributed by atoms with van der Waals surface area (Å²) in [5.74, 6) is 3.21.